The molecule has 3 aliphatic heterocycles. The summed E-state index contributed by atoms with van der Waals surface area (Å²) < 4.78 is 35.3. The average Bonchev–Trinajstić information content (AvgIpc) is 3.74. The first kappa shape index (κ1) is 28.8. The normalized spacial score (nSPS) is 21.4. The Hall–Kier alpha value is -4.64. The summed E-state index contributed by atoms with van der Waals surface area (Å²) in [5.41, 5.74) is 3.21. The van der Waals surface area contributed by atoms with Crippen LogP contribution in [0.5, 0.6) is 11.5 Å². The van der Waals surface area contributed by atoms with E-state index < -0.39 is 11.6 Å². The van der Waals surface area contributed by atoms with Gasteiger partial charge in [0.1, 0.15) is 28.9 Å². The van der Waals surface area contributed by atoms with Gasteiger partial charge in [0.05, 0.1) is 24.8 Å². The topological polar surface area (TPSA) is 140 Å². The van der Waals surface area contributed by atoms with E-state index in [0.29, 0.717) is 57.9 Å². The Morgan fingerprint density at radius 1 is 1.09 bits per heavy atom. The number of para-hydroxylation sites is 1. The van der Waals surface area contributed by atoms with Gasteiger partial charge in [-0.3, -0.25) is 4.90 Å². The van der Waals surface area contributed by atoms with Crippen molar-refractivity contribution in [1.82, 2.24) is 39.8 Å². The average molecular weight is 642 g/mol. The third kappa shape index (κ3) is 5.12. The molecule has 0 spiro atoms. The van der Waals surface area contributed by atoms with Crippen LogP contribution in [0.4, 0.5) is 4.39 Å². The number of H-pyrrole nitrogens is 1. The van der Waals surface area contributed by atoms with Gasteiger partial charge in [-0.1, -0.05) is 23.7 Å². The number of fused-ring (bicyclic) bond motifs is 2. The quantitative estimate of drug-likeness (QED) is 0.256. The Kier molecular flexibility index (Phi) is 7.08. The second-order valence-electron chi connectivity index (χ2n) is 12.0. The summed E-state index contributed by atoms with van der Waals surface area (Å²) in [7, 11) is 0. The van der Waals surface area contributed by atoms with Crippen LogP contribution in [0, 0.1) is 17.1 Å². The van der Waals surface area contributed by atoms with Crippen LogP contribution in [0.2, 0.25) is 5.02 Å². The van der Waals surface area contributed by atoms with Gasteiger partial charge in [0.25, 0.3) is 5.79 Å². The van der Waals surface area contributed by atoms with Crippen molar-refractivity contribution < 1.29 is 18.6 Å². The number of nitriles is 1. The number of hydrogen-bond donors (Lipinski definition) is 1. The van der Waals surface area contributed by atoms with Crippen molar-refractivity contribution in [2.24, 2.45) is 0 Å². The van der Waals surface area contributed by atoms with Gasteiger partial charge in [0.15, 0.2) is 23.0 Å². The number of nitrogens with zero attached hydrogens (tertiary/aromatic N) is 8. The fourth-order valence-corrected chi connectivity index (χ4v) is 6.66. The third-order valence-corrected chi connectivity index (χ3v) is 9.25. The second-order valence-corrected chi connectivity index (χ2v) is 12.4. The van der Waals surface area contributed by atoms with Crippen molar-refractivity contribution in [3.63, 3.8) is 0 Å². The summed E-state index contributed by atoms with van der Waals surface area (Å²) in [6.45, 7) is 5.49. The van der Waals surface area contributed by atoms with Crippen LogP contribution in [-0.4, -0.2) is 65.6 Å². The van der Waals surface area contributed by atoms with Gasteiger partial charge >= 0.3 is 0 Å². The van der Waals surface area contributed by atoms with Gasteiger partial charge in [0, 0.05) is 24.1 Å². The van der Waals surface area contributed by atoms with E-state index >= 15 is 0 Å². The summed E-state index contributed by atoms with van der Waals surface area (Å²) in [6, 6.07) is 14.2. The molecule has 2 saturated heterocycles. The largest absolute Gasteiger partial charge is 0.444 e. The second kappa shape index (κ2) is 11.3. The number of imidazole rings is 1. The minimum absolute atomic E-state index is 0.109. The molecule has 0 amide bonds. The first-order valence-electron chi connectivity index (χ1n) is 15.2. The highest BCUT2D eigenvalue weighted by molar-refractivity contribution is 6.30. The van der Waals surface area contributed by atoms with Crippen LogP contribution in [0.25, 0.3) is 22.7 Å². The third-order valence-electron chi connectivity index (χ3n) is 9.01. The summed E-state index contributed by atoms with van der Waals surface area (Å²) in [5.74, 6) is 1.14. The monoisotopic (exact) mass is 641 g/mol. The lowest BCUT2D eigenvalue weighted by Gasteiger charge is -2.33. The van der Waals surface area contributed by atoms with E-state index in [1.165, 1.54) is 6.07 Å². The van der Waals surface area contributed by atoms with Crippen LogP contribution >= 0.6 is 11.6 Å². The molecule has 0 saturated carbocycles. The summed E-state index contributed by atoms with van der Waals surface area (Å²) in [6.07, 6.45) is 2.93. The van der Waals surface area contributed by atoms with Crippen molar-refractivity contribution >= 4 is 22.8 Å². The Morgan fingerprint density at radius 2 is 1.93 bits per heavy atom. The highest BCUT2D eigenvalue weighted by Crippen LogP contribution is 2.50. The minimum atomic E-state index is -1.29. The van der Waals surface area contributed by atoms with E-state index in [1.807, 2.05) is 24.3 Å². The molecule has 2 aromatic carbocycles. The first-order chi connectivity index (χ1) is 22.4. The molecule has 2 fully saturated rings. The number of aromatic nitrogens is 7. The van der Waals surface area contributed by atoms with Crippen molar-refractivity contribution in [2.75, 3.05) is 19.7 Å². The van der Waals surface area contributed by atoms with Gasteiger partial charge in [-0.15, -0.1) is 20.4 Å². The molecule has 46 heavy (non-hydrogen) atoms. The fourth-order valence-electron chi connectivity index (χ4n) is 6.50. The molecule has 0 bridgehead atoms. The SMILES string of the molecule is C[C@]1(c2ccc(Cl)cc2F)Oc2cccc(C3CCN(Cc4nc5cc(-c6nnc(C#N)[nH]6)nnc5n4C[C@@H]4CCO4)CC3)c2O1. The molecule has 12 nitrogen and oxygen atoms in total. The van der Waals surface area contributed by atoms with Crippen molar-refractivity contribution in [3.8, 4) is 29.1 Å². The maximum Gasteiger partial charge on any atom is 0.278 e. The molecular weight excluding hydrogens is 613 g/mol. The highest BCUT2D eigenvalue weighted by Gasteiger charge is 2.43. The molecule has 6 heterocycles. The molecule has 0 aliphatic carbocycles. The van der Waals surface area contributed by atoms with Gasteiger partial charge < -0.3 is 23.8 Å². The van der Waals surface area contributed by atoms with Crippen LogP contribution in [0.1, 0.15) is 54.9 Å². The van der Waals surface area contributed by atoms with E-state index in [-0.39, 0.29) is 17.8 Å². The number of piperidine rings is 1. The van der Waals surface area contributed by atoms with Crippen molar-refractivity contribution in [1.29, 1.82) is 5.26 Å². The van der Waals surface area contributed by atoms with Gasteiger partial charge in [-0.05, 0) is 68.6 Å². The number of rotatable bonds is 7. The molecular formula is C32H29ClFN9O3. The molecule has 2 atom stereocenters. The number of likely N-dealkylation sites (tertiary alicyclic amines) is 1. The Balaban J connectivity index is 1.00. The maximum absolute atomic E-state index is 14.9. The predicted octanol–water partition coefficient (Wildman–Crippen LogP) is 5.09. The lowest BCUT2D eigenvalue weighted by Crippen LogP contribution is -2.35. The number of ether oxygens (including phenoxy) is 3. The van der Waals surface area contributed by atoms with Crippen LogP contribution in [0.3, 0.4) is 0 Å². The van der Waals surface area contributed by atoms with Crippen LogP contribution in [-0.2, 0) is 23.6 Å². The van der Waals surface area contributed by atoms with Gasteiger partial charge in [-0.25, -0.2) is 9.37 Å². The number of halogens is 2. The molecule has 3 aliphatic rings. The smallest absolute Gasteiger partial charge is 0.278 e. The maximum atomic E-state index is 14.9. The summed E-state index contributed by atoms with van der Waals surface area (Å²) in [4.78, 5) is 10.2. The zero-order valence-corrected chi connectivity index (χ0v) is 25.7. The fraction of sp³-hybridized carbons (Fsp3) is 0.375. The van der Waals surface area contributed by atoms with E-state index in [4.69, 9.17) is 36.1 Å². The Labute approximate surface area is 268 Å². The summed E-state index contributed by atoms with van der Waals surface area (Å²) >= 11 is 5.99. The molecule has 0 unspecified atom stereocenters. The Morgan fingerprint density at radius 3 is 2.67 bits per heavy atom. The molecule has 5 aromatic rings. The molecule has 3 aromatic heterocycles. The zero-order valence-electron chi connectivity index (χ0n) is 24.9. The molecule has 1 N–H and O–H groups in total. The van der Waals surface area contributed by atoms with Crippen molar-refractivity contribution in [2.45, 2.75) is 57.1 Å². The highest BCUT2D eigenvalue weighted by atomic mass is 35.5. The predicted molar refractivity (Wildman–Crippen MR) is 163 cm³/mol. The van der Waals surface area contributed by atoms with Crippen LogP contribution in [0.15, 0.2) is 42.5 Å². The summed E-state index contributed by atoms with van der Waals surface area (Å²) in [5, 5.41) is 26.1. The van der Waals surface area contributed by atoms with Crippen molar-refractivity contribution in [3.05, 3.63) is 76.1 Å². The van der Waals surface area contributed by atoms with Gasteiger partial charge in [-0.2, -0.15) is 5.26 Å². The van der Waals surface area contributed by atoms with E-state index in [1.54, 1.807) is 19.1 Å². The molecule has 14 heteroatoms. The minimum Gasteiger partial charge on any atom is -0.444 e. The molecule has 8 rings (SSSR count). The molecule has 0 radical (unpaired) electrons. The van der Waals surface area contributed by atoms with Crippen LogP contribution < -0.4 is 9.47 Å². The number of nitrogens with one attached hydrogen (secondary N) is 1. The lowest BCUT2D eigenvalue weighted by molar-refractivity contribution is -0.0712. The van der Waals surface area contributed by atoms with E-state index in [2.05, 4.69) is 40.9 Å². The number of benzene rings is 2. The first-order valence-corrected chi connectivity index (χ1v) is 15.6. The lowest BCUT2D eigenvalue weighted by atomic mass is 9.88. The zero-order chi connectivity index (χ0) is 31.4. The number of aromatic amines is 1. The van der Waals surface area contributed by atoms with E-state index in [9.17, 15) is 4.39 Å². The van der Waals surface area contributed by atoms with Gasteiger partial charge in [0.2, 0.25) is 5.82 Å². The Bertz CT molecular complexity index is 2000. The number of hydrogen-bond acceptors (Lipinski definition) is 10. The molecule has 234 valence electrons. The van der Waals surface area contributed by atoms with E-state index in [0.717, 1.165) is 50.3 Å². The standard InChI is InChI=1S/C32H29ClFN9O3/c1-32(22-6-5-19(33)13-23(22)34)45-26-4-2-3-21(29(26)46-32)18-7-10-42(11-8-18)17-28-36-25-14-24(30-37-27(15-35)39-40-30)38-41-31(25)43(28)16-20-9-12-44-20/h2-6,13-14,18,20H,7-12,16-17H2,1H3,(H,37,39,40)/t20-,32-/m0/s1.